The second kappa shape index (κ2) is 12.0. The summed E-state index contributed by atoms with van der Waals surface area (Å²) in [4.78, 5) is 0. The highest BCUT2D eigenvalue weighted by Gasteiger charge is 2.01. The zero-order valence-corrected chi connectivity index (χ0v) is 10.1. The van der Waals surface area contributed by atoms with Crippen molar-refractivity contribution in [1.82, 2.24) is 0 Å². The van der Waals surface area contributed by atoms with Gasteiger partial charge in [-0.25, -0.2) is 0 Å². The van der Waals surface area contributed by atoms with Crippen LogP contribution in [0.4, 0.5) is 0 Å². The van der Waals surface area contributed by atoms with Gasteiger partial charge in [-0.2, -0.15) is 0 Å². The molecule has 0 aromatic heterocycles. The number of hydrogen-bond donors (Lipinski definition) is 0. The number of rotatable bonds is 1. The zero-order chi connectivity index (χ0) is 11.4. The lowest BCUT2D eigenvalue weighted by Gasteiger charge is -2.09. The van der Waals surface area contributed by atoms with Gasteiger partial charge in [-0.1, -0.05) is 65.2 Å². The lowest BCUT2D eigenvalue weighted by atomic mass is 9.96. The lowest BCUT2D eigenvalue weighted by molar-refractivity contribution is 0.970. The Labute approximate surface area is 89.7 Å². The summed E-state index contributed by atoms with van der Waals surface area (Å²) < 4.78 is 0. The van der Waals surface area contributed by atoms with Crippen molar-refractivity contribution in [1.29, 1.82) is 0 Å². The Morgan fingerprint density at radius 1 is 1.21 bits per heavy atom. The summed E-state index contributed by atoms with van der Waals surface area (Å²) in [6, 6.07) is 0. The Bertz CT molecular complexity index is 204. The van der Waals surface area contributed by atoms with Crippen LogP contribution in [0.15, 0.2) is 48.6 Å². The summed E-state index contributed by atoms with van der Waals surface area (Å²) in [5, 5.41) is 0. The summed E-state index contributed by atoms with van der Waals surface area (Å²) in [6.07, 6.45) is 10.3. The SMILES string of the molecule is C=C/C=C1/CCC=CC1=C.CC.CC. The van der Waals surface area contributed by atoms with Crippen molar-refractivity contribution in [3.63, 3.8) is 0 Å². The van der Waals surface area contributed by atoms with E-state index in [1.54, 1.807) is 0 Å². The second-order valence-electron chi connectivity index (χ2n) is 2.39. The molecule has 1 rings (SSSR count). The molecule has 14 heavy (non-hydrogen) atoms. The Kier molecular flexibility index (Phi) is 13.2. The van der Waals surface area contributed by atoms with Crippen LogP contribution in [0.2, 0.25) is 0 Å². The van der Waals surface area contributed by atoms with Crippen LogP contribution < -0.4 is 0 Å². The van der Waals surface area contributed by atoms with Crippen molar-refractivity contribution in [2.75, 3.05) is 0 Å². The fraction of sp³-hybridized carbons (Fsp3) is 0.429. The van der Waals surface area contributed by atoms with Crippen molar-refractivity contribution >= 4 is 0 Å². The molecule has 0 atom stereocenters. The average molecular weight is 192 g/mol. The molecule has 0 heteroatoms. The minimum atomic E-state index is 1.11. The van der Waals surface area contributed by atoms with Crippen LogP contribution in [-0.4, -0.2) is 0 Å². The molecule has 0 unspecified atom stereocenters. The predicted octanol–water partition coefficient (Wildman–Crippen LogP) is 5.06. The Morgan fingerprint density at radius 3 is 2.21 bits per heavy atom. The average Bonchev–Trinajstić information content (AvgIpc) is 2.28. The van der Waals surface area contributed by atoms with Gasteiger partial charge in [0.15, 0.2) is 0 Å². The topological polar surface area (TPSA) is 0 Å². The predicted molar refractivity (Wildman–Crippen MR) is 68.5 cm³/mol. The molecule has 0 nitrogen and oxygen atoms in total. The first-order valence-corrected chi connectivity index (χ1v) is 5.52. The summed E-state index contributed by atoms with van der Waals surface area (Å²) >= 11 is 0. The highest BCUT2D eigenvalue weighted by Crippen LogP contribution is 2.20. The van der Waals surface area contributed by atoms with E-state index < -0.39 is 0 Å². The van der Waals surface area contributed by atoms with Crippen LogP contribution in [0.25, 0.3) is 0 Å². The van der Waals surface area contributed by atoms with Gasteiger partial charge in [0, 0.05) is 0 Å². The Morgan fingerprint density at radius 2 is 1.79 bits per heavy atom. The van der Waals surface area contributed by atoms with Crippen molar-refractivity contribution in [2.24, 2.45) is 0 Å². The van der Waals surface area contributed by atoms with E-state index in [1.165, 1.54) is 5.57 Å². The van der Waals surface area contributed by atoms with Crippen molar-refractivity contribution in [3.8, 4) is 0 Å². The van der Waals surface area contributed by atoms with Crippen LogP contribution in [-0.2, 0) is 0 Å². The molecule has 0 saturated heterocycles. The van der Waals surface area contributed by atoms with Crippen LogP contribution in [0.1, 0.15) is 40.5 Å². The van der Waals surface area contributed by atoms with Gasteiger partial charge in [0.2, 0.25) is 0 Å². The molecule has 0 saturated carbocycles. The van der Waals surface area contributed by atoms with Crippen LogP contribution in [0, 0.1) is 0 Å². The Hall–Kier alpha value is -1.04. The minimum Gasteiger partial charge on any atom is -0.0991 e. The first-order valence-electron chi connectivity index (χ1n) is 5.52. The number of allylic oxidation sites excluding steroid dienone is 6. The molecule has 0 bridgehead atoms. The van der Waals surface area contributed by atoms with Crippen LogP contribution in [0.3, 0.4) is 0 Å². The van der Waals surface area contributed by atoms with Gasteiger partial charge in [-0.05, 0) is 24.0 Å². The summed E-state index contributed by atoms with van der Waals surface area (Å²) in [6.45, 7) is 15.6. The van der Waals surface area contributed by atoms with Gasteiger partial charge in [-0.15, -0.1) is 0 Å². The largest absolute Gasteiger partial charge is 0.0991 e. The van der Waals surface area contributed by atoms with Crippen molar-refractivity contribution < 1.29 is 0 Å². The molecule has 80 valence electrons. The van der Waals surface area contributed by atoms with Crippen LogP contribution in [0.5, 0.6) is 0 Å². The molecule has 1 aliphatic rings. The summed E-state index contributed by atoms with van der Waals surface area (Å²) in [7, 11) is 0. The smallest absolute Gasteiger partial charge is 0.0238 e. The second-order valence-corrected chi connectivity index (χ2v) is 2.39. The van der Waals surface area contributed by atoms with Gasteiger partial charge >= 0.3 is 0 Å². The van der Waals surface area contributed by atoms with E-state index in [1.807, 2.05) is 39.8 Å². The third kappa shape index (κ3) is 6.47. The third-order valence-electron chi connectivity index (χ3n) is 1.63. The van der Waals surface area contributed by atoms with Gasteiger partial charge in [0.05, 0.1) is 0 Å². The zero-order valence-electron chi connectivity index (χ0n) is 10.1. The van der Waals surface area contributed by atoms with E-state index >= 15 is 0 Å². The van der Waals surface area contributed by atoms with Crippen molar-refractivity contribution in [2.45, 2.75) is 40.5 Å². The van der Waals surface area contributed by atoms with Gasteiger partial charge in [-0.3, -0.25) is 0 Å². The van der Waals surface area contributed by atoms with Crippen molar-refractivity contribution in [3.05, 3.63) is 48.6 Å². The fourth-order valence-corrected chi connectivity index (χ4v) is 1.06. The molecule has 0 aliphatic heterocycles. The van der Waals surface area contributed by atoms with E-state index in [9.17, 15) is 0 Å². The van der Waals surface area contributed by atoms with Gasteiger partial charge in [0.25, 0.3) is 0 Å². The molecular formula is C14H24. The maximum atomic E-state index is 3.91. The van der Waals surface area contributed by atoms with Gasteiger partial charge < -0.3 is 0 Å². The summed E-state index contributed by atoms with van der Waals surface area (Å²) in [5.74, 6) is 0. The quantitative estimate of drug-likeness (QED) is 0.545. The molecule has 0 spiro atoms. The van der Waals surface area contributed by atoms with E-state index in [0.717, 1.165) is 18.4 Å². The summed E-state index contributed by atoms with van der Waals surface area (Å²) in [5.41, 5.74) is 2.45. The molecule has 0 aromatic rings. The molecule has 0 amide bonds. The molecule has 1 aliphatic carbocycles. The van der Waals surface area contributed by atoms with E-state index in [-0.39, 0.29) is 0 Å². The molecule has 0 N–H and O–H groups in total. The Balaban J connectivity index is 0. The molecule has 0 fully saturated rings. The monoisotopic (exact) mass is 192 g/mol. The maximum Gasteiger partial charge on any atom is -0.0238 e. The normalized spacial score (nSPS) is 16.3. The standard InChI is InChI=1S/C10H12.2C2H6/c1-3-6-10-8-5-4-7-9(10)2;2*1-2/h3-4,6-7H,1-2,5,8H2;2*1-2H3/b10-6-;;. The minimum absolute atomic E-state index is 1.11. The molecular weight excluding hydrogens is 168 g/mol. The first kappa shape index (κ1) is 15.4. The first-order chi connectivity index (χ1) is 6.84. The fourth-order valence-electron chi connectivity index (χ4n) is 1.06. The molecule has 0 heterocycles. The highest BCUT2D eigenvalue weighted by atomic mass is 14.1. The third-order valence-corrected chi connectivity index (χ3v) is 1.63. The lowest BCUT2D eigenvalue weighted by Crippen LogP contribution is -1.89. The highest BCUT2D eigenvalue weighted by molar-refractivity contribution is 5.41. The van der Waals surface area contributed by atoms with E-state index in [0.29, 0.717) is 0 Å². The van der Waals surface area contributed by atoms with Crippen LogP contribution >= 0.6 is 0 Å². The van der Waals surface area contributed by atoms with Gasteiger partial charge in [0.1, 0.15) is 0 Å². The number of hydrogen-bond acceptors (Lipinski definition) is 0. The van der Waals surface area contributed by atoms with E-state index in [2.05, 4.69) is 25.3 Å². The maximum absolute atomic E-state index is 3.91. The molecule has 0 aromatic carbocycles. The van der Waals surface area contributed by atoms with E-state index in [4.69, 9.17) is 0 Å². The molecule has 0 radical (unpaired) electrons.